The number of alkyl halides is 2. The summed E-state index contributed by atoms with van der Waals surface area (Å²) in [5, 5.41) is 2.16. The number of piperidine rings is 1. The fourth-order valence-corrected chi connectivity index (χ4v) is 5.64. The SMILES string of the molecule is COc1ccc(CN2CC(CON3C(C)(C)CCCC3(C)C)C(Br)(Br)C2=O)cc1. The molecule has 1 aromatic rings. The first-order valence-corrected chi connectivity index (χ1v) is 11.8. The van der Waals surface area contributed by atoms with Crippen molar-refractivity contribution in [2.24, 2.45) is 5.92 Å². The number of hydrogen-bond donors (Lipinski definition) is 0. The smallest absolute Gasteiger partial charge is 0.251 e. The lowest BCUT2D eigenvalue weighted by molar-refractivity contribution is -0.285. The van der Waals surface area contributed by atoms with E-state index in [0.717, 1.165) is 24.2 Å². The van der Waals surface area contributed by atoms with Crippen molar-refractivity contribution < 1.29 is 14.4 Å². The Hall–Kier alpha value is -0.630. The van der Waals surface area contributed by atoms with Gasteiger partial charge in [0, 0.05) is 30.1 Å². The molecule has 29 heavy (non-hydrogen) atoms. The molecule has 1 unspecified atom stereocenters. The highest BCUT2D eigenvalue weighted by Gasteiger charge is 2.52. The van der Waals surface area contributed by atoms with Crippen LogP contribution in [0.5, 0.6) is 5.75 Å². The van der Waals surface area contributed by atoms with E-state index >= 15 is 0 Å². The Kier molecular flexibility index (Phi) is 6.74. The van der Waals surface area contributed by atoms with Gasteiger partial charge < -0.3 is 9.64 Å². The number of nitrogens with zero attached hydrogens (tertiary/aromatic N) is 2. The minimum absolute atomic E-state index is 0.00164. The highest BCUT2D eigenvalue weighted by atomic mass is 79.9. The third-order valence-electron chi connectivity index (χ3n) is 6.14. The summed E-state index contributed by atoms with van der Waals surface area (Å²) in [6.07, 6.45) is 3.42. The highest BCUT2D eigenvalue weighted by Crippen LogP contribution is 2.44. The van der Waals surface area contributed by atoms with Crippen molar-refractivity contribution >= 4 is 37.8 Å². The predicted octanol–water partition coefficient (Wildman–Crippen LogP) is 5.11. The number of carbonyl (C=O) groups is 1. The molecule has 0 spiro atoms. The van der Waals surface area contributed by atoms with E-state index in [1.807, 2.05) is 29.2 Å². The zero-order chi connectivity index (χ0) is 21.4. The molecule has 2 fully saturated rings. The first-order valence-electron chi connectivity index (χ1n) is 10.2. The van der Waals surface area contributed by atoms with Gasteiger partial charge in [0.25, 0.3) is 5.91 Å². The van der Waals surface area contributed by atoms with E-state index in [1.54, 1.807) is 7.11 Å². The zero-order valence-electron chi connectivity index (χ0n) is 18.0. The quantitative estimate of drug-likeness (QED) is 0.478. The zero-order valence-corrected chi connectivity index (χ0v) is 21.2. The molecule has 2 heterocycles. The third-order valence-corrected chi connectivity index (χ3v) is 8.11. The second kappa shape index (κ2) is 8.48. The van der Waals surface area contributed by atoms with Crippen LogP contribution in [0, 0.1) is 5.92 Å². The van der Waals surface area contributed by atoms with Crippen molar-refractivity contribution in [2.45, 2.75) is 67.8 Å². The average Bonchev–Trinajstić information content (AvgIpc) is 2.84. The van der Waals surface area contributed by atoms with Gasteiger partial charge in [0.1, 0.15) is 5.75 Å². The molecule has 0 bridgehead atoms. The second-order valence-corrected chi connectivity index (χ2v) is 13.0. The van der Waals surface area contributed by atoms with Crippen molar-refractivity contribution in [2.75, 3.05) is 20.3 Å². The Labute approximate surface area is 191 Å². The molecule has 5 nitrogen and oxygen atoms in total. The molecule has 2 aliphatic heterocycles. The highest BCUT2D eigenvalue weighted by molar-refractivity contribution is 9.26. The van der Waals surface area contributed by atoms with Gasteiger partial charge in [0.05, 0.1) is 13.7 Å². The molecule has 1 atom stereocenters. The van der Waals surface area contributed by atoms with E-state index in [-0.39, 0.29) is 22.9 Å². The van der Waals surface area contributed by atoms with Crippen molar-refractivity contribution in [1.82, 2.24) is 9.96 Å². The number of hydroxylamine groups is 2. The van der Waals surface area contributed by atoms with E-state index in [1.165, 1.54) is 6.42 Å². The lowest BCUT2D eigenvalue weighted by Crippen LogP contribution is -2.58. The normalized spacial score (nSPS) is 26.0. The van der Waals surface area contributed by atoms with Gasteiger partial charge in [-0.1, -0.05) is 44.0 Å². The van der Waals surface area contributed by atoms with Crippen LogP contribution in [0.25, 0.3) is 0 Å². The van der Waals surface area contributed by atoms with Gasteiger partial charge in [0.15, 0.2) is 3.23 Å². The lowest BCUT2D eigenvalue weighted by Gasteiger charge is -2.51. The Morgan fingerprint density at radius 1 is 1.07 bits per heavy atom. The van der Waals surface area contributed by atoms with Crippen molar-refractivity contribution in [3.05, 3.63) is 29.8 Å². The summed E-state index contributed by atoms with van der Waals surface area (Å²) >= 11 is 7.28. The maximum absolute atomic E-state index is 13.0. The minimum atomic E-state index is -0.795. The van der Waals surface area contributed by atoms with Crippen LogP contribution in [0.1, 0.15) is 52.5 Å². The standard InChI is InChI=1S/C22H32Br2N2O3/c1-20(2)11-6-12-21(3,4)26(20)29-15-17-14-25(19(27)22(17,23)24)13-16-7-9-18(28-5)10-8-16/h7-10,17H,6,11-15H2,1-5H3. The summed E-state index contributed by atoms with van der Waals surface area (Å²) < 4.78 is 4.42. The van der Waals surface area contributed by atoms with Gasteiger partial charge in [-0.25, -0.2) is 0 Å². The molecular formula is C22H32Br2N2O3. The van der Waals surface area contributed by atoms with E-state index in [0.29, 0.717) is 19.7 Å². The molecule has 162 valence electrons. The van der Waals surface area contributed by atoms with Crippen LogP contribution in [0.3, 0.4) is 0 Å². The van der Waals surface area contributed by atoms with Crippen LogP contribution in [-0.4, -0.2) is 50.4 Å². The summed E-state index contributed by atoms with van der Waals surface area (Å²) in [7, 11) is 1.65. The summed E-state index contributed by atoms with van der Waals surface area (Å²) in [4.78, 5) is 21.3. The van der Waals surface area contributed by atoms with Crippen LogP contribution >= 0.6 is 31.9 Å². The van der Waals surface area contributed by atoms with Gasteiger partial charge in [-0.05, 0) is 64.7 Å². The predicted molar refractivity (Wildman–Crippen MR) is 122 cm³/mol. The van der Waals surface area contributed by atoms with Gasteiger partial charge in [-0.2, -0.15) is 5.06 Å². The molecule has 0 radical (unpaired) electrons. The number of benzene rings is 1. The lowest BCUT2D eigenvalue weighted by atomic mass is 9.82. The van der Waals surface area contributed by atoms with E-state index in [9.17, 15) is 4.79 Å². The number of halogens is 2. The average molecular weight is 532 g/mol. The largest absolute Gasteiger partial charge is 0.497 e. The third kappa shape index (κ3) is 4.83. The number of hydrogen-bond acceptors (Lipinski definition) is 4. The fourth-order valence-electron chi connectivity index (χ4n) is 4.58. The maximum Gasteiger partial charge on any atom is 0.251 e. The first-order chi connectivity index (χ1) is 13.5. The Morgan fingerprint density at radius 2 is 1.66 bits per heavy atom. The number of rotatable bonds is 6. The molecule has 3 rings (SSSR count). The molecule has 0 aromatic heterocycles. The molecule has 2 saturated heterocycles. The van der Waals surface area contributed by atoms with Gasteiger partial charge in [-0.3, -0.25) is 9.63 Å². The van der Waals surface area contributed by atoms with E-state index in [4.69, 9.17) is 9.57 Å². The Balaban J connectivity index is 1.67. The number of methoxy groups -OCH3 is 1. The van der Waals surface area contributed by atoms with Crippen LogP contribution in [-0.2, 0) is 16.2 Å². The molecule has 2 aliphatic rings. The van der Waals surface area contributed by atoms with Crippen LogP contribution < -0.4 is 4.74 Å². The topological polar surface area (TPSA) is 42.0 Å². The van der Waals surface area contributed by atoms with Crippen LogP contribution in [0.15, 0.2) is 24.3 Å². The summed E-state index contributed by atoms with van der Waals surface area (Å²) in [5.41, 5.74) is 1.04. The monoisotopic (exact) mass is 530 g/mol. The fraction of sp³-hybridized carbons (Fsp3) is 0.682. The van der Waals surface area contributed by atoms with Crippen molar-refractivity contribution in [3.8, 4) is 5.75 Å². The molecule has 0 aliphatic carbocycles. The van der Waals surface area contributed by atoms with Crippen molar-refractivity contribution in [1.29, 1.82) is 0 Å². The molecule has 1 amide bonds. The number of carbonyl (C=O) groups excluding carboxylic acids is 1. The van der Waals surface area contributed by atoms with Crippen LogP contribution in [0.4, 0.5) is 0 Å². The summed E-state index contributed by atoms with van der Waals surface area (Å²) in [6.45, 7) is 10.6. The maximum atomic E-state index is 13.0. The van der Waals surface area contributed by atoms with Gasteiger partial charge in [0.2, 0.25) is 0 Å². The van der Waals surface area contributed by atoms with E-state index in [2.05, 4.69) is 64.6 Å². The number of ether oxygens (including phenoxy) is 1. The Morgan fingerprint density at radius 3 is 2.21 bits per heavy atom. The number of likely N-dealkylation sites (tertiary alicyclic amines) is 1. The minimum Gasteiger partial charge on any atom is -0.497 e. The summed E-state index contributed by atoms with van der Waals surface area (Å²) in [5.74, 6) is 0.857. The molecule has 1 aromatic carbocycles. The van der Waals surface area contributed by atoms with Gasteiger partial charge in [-0.15, -0.1) is 0 Å². The van der Waals surface area contributed by atoms with Gasteiger partial charge >= 0.3 is 0 Å². The van der Waals surface area contributed by atoms with E-state index < -0.39 is 3.23 Å². The summed E-state index contributed by atoms with van der Waals surface area (Å²) in [6, 6.07) is 7.84. The first kappa shape index (κ1) is 23.0. The van der Waals surface area contributed by atoms with Crippen LogP contribution in [0.2, 0.25) is 0 Å². The molecular weight excluding hydrogens is 500 g/mol. The molecule has 0 N–H and O–H groups in total. The van der Waals surface area contributed by atoms with Crippen molar-refractivity contribution in [3.63, 3.8) is 0 Å². The molecule has 0 saturated carbocycles. The molecule has 7 heteroatoms. The second-order valence-electron chi connectivity index (χ2n) is 9.42. The number of amides is 1. The Bertz CT molecular complexity index is 718.